The summed E-state index contributed by atoms with van der Waals surface area (Å²) in [5.41, 5.74) is 11.6. The van der Waals surface area contributed by atoms with Crippen LogP contribution in [0.25, 0.3) is 31.9 Å². The third-order valence-corrected chi connectivity index (χ3v) is 12.5. The van der Waals surface area contributed by atoms with Crippen LogP contribution in [0.5, 0.6) is 11.5 Å². The smallest absolute Gasteiger partial charge is 0.205 e. The van der Waals surface area contributed by atoms with Gasteiger partial charge in [-0.15, -0.1) is 0 Å². The van der Waals surface area contributed by atoms with Crippen LogP contribution in [0.15, 0.2) is 150 Å². The zero-order valence-corrected chi connectivity index (χ0v) is 36.6. The molecule has 2 aliphatic carbocycles. The van der Waals surface area contributed by atoms with E-state index in [0.29, 0.717) is 35.5 Å². The number of hydrogen-bond acceptors (Lipinski definition) is 6. The average molecular weight is 840 g/mol. The molecule has 0 unspecified atom stereocenters. The molecule has 0 atom stereocenters. The van der Waals surface area contributed by atoms with E-state index in [-0.39, 0.29) is 11.4 Å². The van der Waals surface area contributed by atoms with Gasteiger partial charge in [0.1, 0.15) is 22.7 Å². The molecule has 2 heterocycles. The predicted molar refractivity (Wildman–Crippen MR) is 253 cm³/mol. The largest absolute Gasteiger partial charge is 0.485 e. The molecule has 0 aromatic heterocycles. The minimum absolute atomic E-state index is 0.132. The first-order valence-electron chi connectivity index (χ1n) is 20.9. The third-order valence-electron chi connectivity index (χ3n) is 11.7. The van der Waals surface area contributed by atoms with Crippen molar-refractivity contribution in [3.63, 3.8) is 0 Å². The van der Waals surface area contributed by atoms with Crippen molar-refractivity contribution in [3.05, 3.63) is 196 Å². The van der Waals surface area contributed by atoms with E-state index in [1.807, 2.05) is 91.1 Å². The van der Waals surface area contributed by atoms with E-state index in [1.54, 1.807) is 12.1 Å². The van der Waals surface area contributed by atoms with Gasteiger partial charge in [-0.2, -0.15) is 10.3 Å². The topological polar surface area (TPSA) is 92.8 Å². The Morgan fingerprint density at radius 3 is 1.48 bits per heavy atom. The summed E-state index contributed by atoms with van der Waals surface area (Å²) in [5.74, 6) is 4.11. The van der Waals surface area contributed by atoms with Gasteiger partial charge >= 0.3 is 0 Å². The van der Waals surface area contributed by atoms with Crippen molar-refractivity contribution < 1.29 is 14.3 Å². The Bertz CT molecular complexity index is 2940. The number of carbonyl (C=O) groups excluding carboxylic acids is 1. The second-order valence-electron chi connectivity index (χ2n) is 17.4. The number of benzene rings is 6. The standard InChI is InChI=1S/C25H17N3O.C24H17NO2.C5H11NSi/c1-27-21-8-4-7-17(11-21)18-9-10-24-22(12-18)23(28-16-26)15-25(29-24)13-19-5-2-3-6-20(19)14-25;1-25-20-8-4-7-16(11-20)17-9-10-23-21(12-17)22(26)15-24(27-23)13-18-5-2-3-6-19(18)14-24;1-5-6-7(2,3)4/h2-12H,13-15H2;2-12H,13-15H2;1H2,2-4H3. The number of Topliss-reactive ketones (excluding diaryl/α,β-unsaturated/α-hetero) is 1. The number of aliphatic imine (C=N–C) groups is 1. The lowest BCUT2D eigenvalue weighted by molar-refractivity contribution is 0.0472. The number of ketones is 1. The van der Waals surface area contributed by atoms with Crippen molar-refractivity contribution >= 4 is 37.0 Å². The van der Waals surface area contributed by atoms with Crippen LogP contribution >= 0.6 is 0 Å². The summed E-state index contributed by atoms with van der Waals surface area (Å²) in [6, 6.07) is 43.5. The van der Waals surface area contributed by atoms with Gasteiger partial charge in [-0.05, 0) is 113 Å². The Morgan fingerprint density at radius 1 is 0.603 bits per heavy atom. The van der Waals surface area contributed by atoms with Crippen LogP contribution in [0.4, 0.5) is 11.4 Å². The van der Waals surface area contributed by atoms with E-state index in [4.69, 9.17) is 22.6 Å². The maximum Gasteiger partial charge on any atom is 0.205 e. The van der Waals surface area contributed by atoms with Gasteiger partial charge < -0.3 is 9.47 Å². The highest BCUT2D eigenvalue weighted by atomic mass is 28.3. The molecule has 9 heteroatoms. The van der Waals surface area contributed by atoms with E-state index < -0.39 is 13.8 Å². The molecule has 2 aliphatic heterocycles. The van der Waals surface area contributed by atoms with Gasteiger partial charge in [-0.3, -0.25) is 9.45 Å². The third kappa shape index (κ3) is 9.20. The molecule has 2 spiro atoms. The maximum absolute atomic E-state index is 13.0. The number of carbonyl (C=O) groups is 1. The van der Waals surface area contributed by atoms with Crippen molar-refractivity contribution in [2.24, 2.45) is 9.65 Å². The molecule has 0 fully saturated rings. The number of rotatable bonds is 3. The number of nitriles is 1. The molecule has 8 nitrogen and oxygen atoms in total. The van der Waals surface area contributed by atoms with Crippen LogP contribution in [-0.4, -0.2) is 36.8 Å². The van der Waals surface area contributed by atoms with E-state index in [1.165, 1.54) is 22.3 Å². The van der Waals surface area contributed by atoms with Gasteiger partial charge in [-0.1, -0.05) is 97.1 Å². The second kappa shape index (κ2) is 17.4. The summed E-state index contributed by atoms with van der Waals surface area (Å²) in [6.45, 7) is 24.2. The lowest BCUT2D eigenvalue weighted by Gasteiger charge is -2.36. The fourth-order valence-corrected chi connectivity index (χ4v) is 9.46. The van der Waals surface area contributed by atoms with Crippen molar-refractivity contribution in [2.45, 2.75) is 69.4 Å². The summed E-state index contributed by atoms with van der Waals surface area (Å²) in [7, 11) is -1.21. The fourth-order valence-electron chi connectivity index (χ4n) is 8.99. The molecular formula is C54H45N5O3Si. The summed E-state index contributed by atoms with van der Waals surface area (Å²) in [6.07, 6.45) is 6.19. The minimum Gasteiger partial charge on any atom is -0.485 e. The SMILES string of the molecule is C=C=N[Si](C)(C)C.[C-]#[N+]c1cccc(-c2ccc3c(c2)C(=NC#N)CC2(Cc4ccccc4C2)O3)c1.[C-]#[N+]c1cccc(-c2ccc3c(c2)C(=O)CC2(Cc4ccccc4C2)O3)c1. The van der Waals surface area contributed by atoms with Crippen LogP contribution in [0.3, 0.4) is 0 Å². The van der Waals surface area contributed by atoms with Crippen LogP contribution in [0.1, 0.15) is 51.0 Å². The Balaban J connectivity index is 0.000000151. The van der Waals surface area contributed by atoms with Crippen LogP contribution in [-0.2, 0) is 25.7 Å². The lowest BCUT2D eigenvalue weighted by Crippen LogP contribution is -2.43. The summed E-state index contributed by atoms with van der Waals surface area (Å²) in [5, 5.41) is 9.29. The van der Waals surface area contributed by atoms with Crippen LogP contribution in [0, 0.1) is 24.6 Å². The number of fused-ring (bicyclic) bond motifs is 4. The fraction of sp³-hybridized carbons (Fsp3) is 0.204. The summed E-state index contributed by atoms with van der Waals surface area (Å²) >= 11 is 0. The van der Waals surface area contributed by atoms with Crippen molar-refractivity contribution in [3.8, 4) is 39.9 Å². The van der Waals surface area contributed by atoms with Gasteiger partial charge in [0.05, 0.1) is 30.8 Å². The summed E-state index contributed by atoms with van der Waals surface area (Å²) < 4.78 is 17.0. The Labute approximate surface area is 370 Å². The van der Waals surface area contributed by atoms with Gasteiger partial charge in [0.2, 0.25) is 6.19 Å². The Kier molecular flexibility index (Phi) is 11.6. The molecule has 6 aromatic carbocycles. The number of ether oxygens (including phenoxy) is 2. The minimum atomic E-state index is -1.21. The maximum atomic E-state index is 13.0. The lowest BCUT2D eigenvalue weighted by atomic mass is 9.86. The molecule has 0 saturated carbocycles. The highest BCUT2D eigenvalue weighted by Gasteiger charge is 2.46. The monoisotopic (exact) mass is 839 g/mol. The van der Waals surface area contributed by atoms with Crippen molar-refractivity contribution in [1.29, 1.82) is 5.26 Å². The molecule has 0 bridgehead atoms. The molecule has 0 N–H and O–H groups in total. The molecule has 0 radical (unpaired) electrons. The molecule has 63 heavy (non-hydrogen) atoms. The van der Waals surface area contributed by atoms with E-state index in [9.17, 15) is 10.1 Å². The Hall–Kier alpha value is -7.60. The van der Waals surface area contributed by atoms with E-state index in [2.05, 4.69) is 87.8 Å². The molecule has 4 aliphatic rings. The number of hydrogen-bond donors (Lipinski definition) is 0. The predicted octanol–water partition coefficient (Wildman–Crippen LogP) is 12.6. The average Bonchev–Trinajstić information content (AvgIpc) is 3.82. The second-order valence-corrected chi connectivity index (χ2v) is 22.0. The highest BCUT2D eigenvalue weighted by molar-refractivity contribution is 6.75. The molecular weight excluding hydrogens is 795 g/mol. The molecule has 0 amide bonds. The normalized spacial score (nSPS) is 16.0. The first-order valence-corrected chi connectivity index (χ1v) is 24.3. The zero-order valence-electron chi connectivity index (χ0n) is 35.6. The van der Waals surface area contributed by atoms with Gasteiger partial charge in [0, 0.05) is 37.7 Å². The molecule has 0 saturated heterocycles. The van der Waals surface area contributed by atoms with Crippen molar-refractivity contribution in [1.82, 2.24) is 0 Å². The van der Waals surface area contributed by atoms with Gasteiger partial charge in [0.15, 0.2) is 25.4 Å². The first-order chi connectivity index (χ1) is 30.4. The Morgan fingerprint density at radius 2 is 1.05 bits per heavy atom. The molecule has 10 rings (SSSR count). The molecule has 308 valence electrons. The van der Waals surface area contributed by atoms with E-state index in [0.717, 1.165) is 65.0 Å². The first kappa shape index (κ1) is 42.1. The summed E-state index contributed by atoms with van der Waals surface area (Å²) in [4.78, 5) is 24.1. The van der Waals surface area contributed by atoms with Gasteiger partial charge in [0.25, 0.3) is 0 Å². The van der Waals surface area contributed by atoms with Crippen molar-refractivity contribution in [2.75, 3.05) is 0 Å². The van der Waals surface area contributed by atoms with Crippen LogP contribution < -0.4 is 9.47 Å². The zero-order chi connectivity index (χ0) is 44.2. The quantitative estimate of drug-likeness (QED) is 0.0768. The van der Waals surface area contributed by atoms with E-state index >= 15 is 0 Å². The van der Waals surface area contributed by atoms with Gasteiger partial charge in [-0.25, -0.2) is 9.69 Å². The number of nitrogens with zero attached hydrogens (tertiary/aromatic N) is 5. The van der Waals surface area contributed by atoms with Crippen LogP contribution in [0.2, 0.25) is 19.6 Å². The highest BCUT2D eigenvalue weighted by Crippen LogP contribution is 2.45. The molecule has 6 aromatic rings.